The molecule has 1 amide bonds. The number of rotatable bonds is 2. The van der Waals surface area contributed by atoms with Crippen molar-refractivity contribution in [2.45, 2.75) is 33.1 Å². The van der Waals surface area contributed by atoms with Gasteiger partial charge in [-0.25, -0.2) is 9.50 Å². The Hall–Kier alpha value is -1.42. The maximum absolute atomic E-state index is 11.3. The van der Waals surface area contributed by atoms with Crippen LogP contribution in [0.5, 0.6) is 0 Å². The van der Waals surface area contributed by atoms with Gasteiger partial charge in [0.2, 0.25) is 5.91 Å². The number of anilines is 1. The molecule has 32 heavy (non-hydrogen) atoms. The molecule has 0 atom stereocenters. The number of carbonyl (C=O) groups is 2. The summed E-state index contributed by atoms with van der Waals surface area (Å²) in [6.45, 7) is 3.98. The molecule has 4 rings (SSSR count). The fourth-order valence-electron chi connectivity index (χ4n) is 2.55. The summed E-state index contributed by atoms with van der Waals surface area (Å²) in [6, 6.07) is 1.57. The number of carbonyl (C=O) groups excluding carboxylic acids is 2. The van der Waals surface area contributed by atoms with Crippen molar-refractivity contribution in [3.8, 4) is 0 Å². The number of hydrogen-bond donors (Lipinski definition) is 1. The van der Waals surface area contributed by atoms with Crippen LogP contribution in [0.2, 0.25) is 10.3 Å². The summed E-state index contributed by atoms with van der Waals surface area (Å²) in [5.41, 5.74) is 2.67. The molecule has 0 saturated carbocycles. The monoisotopic (exact) mass is 566 g/mol. The molecule has 1 aliphatic rings. The Morgan fingerprint density at radius 3 is 2.19 bits per heavy atom. The van der Waals surface area contributed by atoms with Gasteiger partial charge in [0.25, 0.3) is 5.91 Å². The Kier molecular flexibility index (Phi) is 10.9. The molecule has 3 aromatic heterocycles. The third-order valence-electron chi connectivity index (χ3n) is 3.88. The van der Waals surface area contributed by atoms with E-state index in [0.29, 0.717) is 16.1 Å². The Morgan fingerprint density at radius 1 is 1.06 bits per heavy atom. The van der Waals surface area contributed by atoms with E-state index in [1.807, 2.05) is 13.8 Å². The average Bonchev–Trinajstić information content (AvgIpc) is 3.24. The van der Waals surface area contributed by atoms with Crippen LogP contribution in [-0.4, -0.2) is 36.2 Å². The topological polar surface area (TPSA) is 111 Å². The number of hydrogen-bond acceptors (Lipinski definition) is 6. The average molecular weight is 569 g/mol. The highest BCUT2D eigenvalue weighted by Gasteiger charge is 2.24. The molecule has 4 heterocycles. The zero-order valence-corrected chi connectivity index (χ0v) is 21.2. The van der Waals surface area contributed by atoms with Gasteiger partial charge in [0.1, 0.15) is 22.5 Å². The number of aromatic nitrogens is 5. The Labute approximate surface area is 206 Å². The van der Waals surface area contributed by atoms with Crippen molar-refractivity contribution in [3.05, 3.63) is 39.9 Å². The van der Waals surface area contributed by atoms with Crippen LogP contribution in [0, 0.1) is 0 Å². The van der Waals surface area contributed by atoms with E-state index in [1.54, 1.807) is 23.0 Å². The molecule has 0 aliphatic carbocycles. The zero-order valence-electron chi connectivity index (χ0n) is 16.6. The van der Waals surface area contributed by atoms with E-state index in [2.05, 4.69) is 54.2 Å². The van der Waals surface area contributed by atoms with Crippen LogP contribution < -0.4 is 5.32 Å². The maximum atomic E-state index is 11.3. The molecule has 0 fully saturated rings. The van der Waals surface area contributed by atoms with E-state index < -0.39 is 5.20 Å². The van der Waals surface area contributed by atoms with Gasteiger partial charge in [-0.3, -0.25) is 18.9 Å². The zero-order chi connectivity index (χ0) is 23.3. The van der Waals surface area contributed by atoms with Gasteiger partial charge < -0.3 is 5.32 Å². The molecule has 0 radical (unpaired) electrons. The third-order valence-corrected chi connectivity index (χ3v) is 4.35. The summed E-state index contributed by atoms with van der Waals surface area (Å²) in [5, 5.41) is 8.27. The van der Waals surface area contributed by atoms with Crippen LogP contribution in [0.25, 0.3) is 5.65 Å². The molecule has 16 heteroatoms. The normalized spacial score (nSPS) is 12.6. The van der Waals surface area contributed by atoms with Crippen molar-refractivity contribution in [1.82, 2.24) is 24.4 Å². The van der Waals surface area contributed by atoms with Crippen molar-refractivity contribution in [3.63, 3.8) is 0 Å². The first-order chi connectivity index (χ1) is 14.4. The molecule has 1 N–H and O–H groups in total. The standard InChI is InChI=1S/C8H7Cl2N3.C8H9N3O2.Cl3OP.FH/c1-2-5-4-11-13-7(10)3-6(9)12-8(5)13;1-2-5-4-9-11-7(13)3-6(12)10-8(5)11;1-5(2,3)4;/h3-4H,2H2,1H3;4H,2-3H2,1H3,(H,10,12);;1H. The predicted molar refractivity (Wildman–Crippen MR) is 126 cm³/mol. The maximum Gasteiger partial charge on any atom is 0.339 e. The summed E-state index contributed by atoms with van der Waals surface area (Å²) < 4.78 is 12.3. The molecule has 0 bridgehead atoms. The lowest BCUT2D eigenvalue weighted by Crippen LogP contribution is -2.30. The molecule has 1 aliphatic heterocycles. The third kappa shape index (κ3) is 7.86. The molecule has 0 aromatic carbocycles. The summed E-state index contributed by atoms with van der Waals surface area (Å²) in [7, 11) is 0. The molecule has 9 nitrogen and oxygen atoms in total. The Bertz CT molecular complexity index is 1160. The van der Waals surface area contributed by atoms with Crippen molar-refractivity contribution < 1.29 is 18.9 Å². The van der Waals surface area contributed by atoms with E-state index in [-0.39, 0.29) is 22.9 Å². The number of aryl methyl sites for hydroxylation is 2. The highest BCUT2D eigenvalue weighted by Crippen LogP contribution is 2.61. The fourth-order valence-corrected chi connectivity index (χ4v) is 3.01. The fraction of sp³-hybridized carbons (Fsp3) is 0.312. The lowest BCUT2D eigenvalue weighted by atomic mass is 10.2. The number of nitrogens with one attached hydrogen (secondary N) is 1. The molecule has 176 valence electrons. The molecular weight excluding hydrogens is 551 g/mol. The summed E-state index contributed by atoms with van der Waals surface area (Å²) >= 11 is 25.5. The van der Waals surface area contributed by atoms with Crippen molar-refractivity contribution in [2.75, 3.05) is 5.32 Å². The summed E-state index contributed by atoms with van der Waals surface area (Å²) in [6.07, 6.45) is 4.87. The molecule has 0 unspecified atom stereocenters. The van der Waals surface area contributed by atoms with Crippen molar-refractivity contribution in [2.24, 2.45) is 0 Å². The molecule has 3 aromatic rings. The van der Waals surface area contributed by atoms with E-state index in [4.69, 9.17) is 23.2 Å². The highest BCUT2D eigenvalue weighted by molar-refractivity contribution is 8.24. The van der Waals surface area contributed by atoms with Gasteiger partial charge in [0.15, 0.2) is 5.65 Å². The van der Waals surface area contributed by atoms with Crippen LogP contribution in [0.15, 0.2) is 18.5 Å². The minimum absolute atomic E-state index is 0. The molecule has 0 spiro atoms. The van der Waals surface area contributed by atoms with E-state index >= 15 is 0 Å². The SMILES string of the molecule is CCc1cnn2c(Cl)cc(Cl)nc12.CCc1cnn2c1NC(=O)CC2=O.F.O=P(Cl)(Cl)Cl. The summed E-state index contributed by atoms with van der Waals surface area (Å²) in [4.78, 5) is 26.4. The van der Waals surface area contributed by atoms with Gasteiger partial charge in [0, 0.05) is 17.2 Å². The number of amides is 1. The lowest BCUT2D eigenvalue weighted by molar-refractivity contribution is -0.115. The number of nitrogens with zero attached hydrogens (tertiary/aromatic N) is 5. The highest BCUT2D eigenvalue weighted by atomic mass is 36.0. The van der Waals surface area contributed by atoms with Gasteiger partial charge >= 0.3 is 5.20 Å². The number of halogens is 6. The first-order valence-electron chi connectivity index (χ1n) is 8.72. The van der Waals surface area contributed by atoms with Crippen LogP contribution in [-0.2, 0) is 22.2 Å². The molecule has 0 saturated heterocycles. The summed E-state index contributed by atoms with van der Waals surface area (Å²) in [5.74, 6) is 0.00917. The first kappa shape index (κ1) is 28.6. The quantitative estimate of drug-likeness (QED) is 0.231. The Balaban J connectivity index is 0.000000259. The second kappa shape index (κ2) is 12.2. The van der Waals surface area contributed by atoms with Crippen LogP contribution >= 0.6 is 62.1 Å². The lowest BCUT2D eigenvalue weighted by Gasteiger charge is -2.13. The van der Waals surface area contributed by atoms with Gasteiger partial charge in [0.05, 0.1) is 12.4 Å². The van der Waals surface area contributed by atoms with E-state index in [9.17, 15) is 14.2 Å². The van der Waals surface area contributed by atoms with Gasteiger partial charge in [-0.2, -0.15) is 14.9 Å². The van der Waals surface area contributed by atoms with Gasteiger partial charge in [-0.15, -0.1) is 0 Å². The first-order valence-corrected chi connectivity index (χ1v) is 13.9. The minimum Gasteiger partial charge on any atom is -0.310 e. The van der Waals surface area contributed by atoms with E-state index in [1.165, 1.54) is 4.68 Å². The van der Waals surface area contributed by atoms with Crippen molar-refractivity contribution >= 4 is 85.4 Å². The smallest absolute Gasteiger partial charge is 0.310 e. The minimum atomic E-state index is -3.22. The van der Waals surface area contributed by atoms with E-state index in [0.717, 1.165) is 29.6 Å². The van der Waals surface area contributed by atoms with Crippen LogP contribution in [0.4, 0.5) is 10.5 Å². The van der Waals surface area contributed by atoms with Gasteiger partial charge in [-0.1, -0.05) is 37.0 Å². The van der Waals surface area contributed by atoms with Crippen molar-refractivity contribution in [1.29, 1.82) is 0 Å². The predicted octanol–water partition coefficient (Wildman–Crippen LogP) is 5.99. The molecular formula is C16H17Cl5FN6O3P. The van der Waals surface area contributed by atoms with Crippen LogP contribution in [0.3, 0.4) is 0 Å². The number of fused-ring (bicyclic) bond motifs is 2. The Morgan fingerprint density at radius 2 is 1.62 bits per heavy atom. The van der Waals surface area contributed by atoms with Gasteiger partial charge in [-0.05, 0) is 46.6 Å². The van der Waals surface area contributed by atoms with Crippen LogP contribution in [0.1, 0.15) is 36.2 Å². The second-order valence-electron chi connectivity index (χ2n) is 5.96. The second-order valence-corrected chi connectivity index (χ2v) is 13.4. The largest absolute Gasteiger partial charge is 0.339 e.